The maximum atomic E-state index is 12.2. The second-order valence-corrected chi connectivity index (χ2v) is 5.87. The fourth-order valence-corrected chi connectivity index (χ4v) is 2.82. The molecule has 1 fully saturated rings. The van der Waals surface area contributed by atoms with Crippen molar-refractivity contribution in [2.75, 3.05) is 13.1 Å². The topological polar surface area (TPSA) is 63.5 Å². The molecule has 1 heterocycles. The number of piperidine rings is 1. The molecule has 0 aliphatic carbocycles. The van der Waals surface area contributed by atoms with Crippen LogP contribution in [0.1, 0.15) is 25.8 Å². The van der Waals surface area contributed by atoms with Crippen LogP contribution in [0.2, 0.25) is 0 Å². The lowest BCUT2D eigenvalue weighted by Gasteiger charge is -2.34. The highest BCUT2D eigenvalue weighted by Gasteiger charge is 2.23. The van der Waals surface area contributed by atoms with Crippen LogP contribution < -0.4 is 0 Å². The first-order valence-corrected chi connectivity index (χ1v) is 7.17. The minimum absolute atomic E-state index is 0.00625. The SMILES string of the molecule is CC1CC(C)CN(C(=O)C=Cc2ccc([N+](=O)[O-])cc2)C1. The number of rotatable bonds is 3. The number of carbonyl (C=O) groups is 1. The van der Waals surface area contributed by atoms with Crippen LogP contribution in [0.25, 0.3) is 6.08 Å². The van der Waals surface area contributed by atoms with Crippen LogP contribution in [-0.4, -0.2) is 28.8 Å². The van der Waals surface area contributed by atoms with Gasteiger partial charge in [-0.25, -0.2) is 0 Å². The normalized spacial score (nSPS) is 22.5. The zero-order chi connectivity index (χ0) is 15.4. The number of hydrogen-bond acceptors (Lipinski definition) is 3. The van der Waals surface area contributed by atoms with Gasteiger partial charge in [-0.2, -0.15) is 0 Å². The summed E-state index contributed by atoms with van der Waals surface area (Å²) in [5.74, 6) is 1.07. The number of carbonyl (C=O) groups excluding carboxylic acids is 1. The molecule has 1 aromatic carbocycles. The zero-order valence-corrected chi connectivity index (χ0v) is 12.4. The summed E-state index contributed by atoms with van der Waals surface area (Å²) in [6.45, 7) is 5.92. The predicted molar refractivity (Wildman–Crippen MR) is 81.7 cm³/mol. The Balaban J connectivity index is 1.99. The van der Waals surface area contributed by atoms with E-state index in [-0.39, 0.29) is 11.6 Å². The van der Waals surface area contributed by atoms with E-state index in [4.69, 9.17) is 0 Å². The molecule has 0 aromatic heterocycles. The van der Waals surface area contributed by atoms with E-state index >= 15 is 0 Å². The summed E-state index contributed by atoms with van der Waals surface area (Å²) in [5.41, 5.74) is 0.837. The number of amides is 1. The number of likely N-dealkylation sites (tertiary alicyclic amines) is 1. The number of hydrogen-bond donors (Lipinski definition) is 0. The molecule has 0 spiro atoms. The Hall–Kier alpha value is -2.17. The monoisotopic (exact) mass is 288 g/mol. The predicted octanol–water partition coefficient (Wildman–Crippen LogP) is 3.11. The molecule has 1 aliphatic rings. The van der Waals surface area contributed by atoms with Gasteiger partial charge >= 0.3 is 0 Å². The Morgan fingerprint density at radius 2 is 1.81 bits per heavy atom. The van der Waals surface area contributed by atoms with Crippen molar-refractivity contribution in [3.05, 3.63) is 46.0 Å². The summed E-state index contributed by atoms with van der Waals surface area (Å²) < 4.78 is 0. The molecule has 2 unspecified atom stereocenters. The van der Waals surface area contributed by atoms with Crippen molar-refractivity contribution in [2.45, 2.75) is 20.3 Å². The molecule has 2 atom stereocenters. The molecule has 1 aromatic rings. The van der Waals surface area contributed by atoms with Gasteiger partial charge < -0.3 is 4.90 Å². The maximum Gasteiger partial charge on any atom is 0.269 e. The highest BCUT2D eigenvalue weighted by molar-refractivity contribution is 5.91. The molecule has 0 bridgehead atoms. The van der Waals surface area contributed by atoms with Crippen LogP contribution in [-0.2, 0) is 4.79 Å². The van der Waals surface area contributed by atoms with Gasteiger partial charge in [0.15, 0.2) is 0 Å². The van der Waals surface area contributed by atoms with Gasteiger partial charge in [0.05, 0.1) is 4.92 Å². The van der Waals surface area contributed by atoms with Crippen molar-refractivity contribution in [2.24, 2.45) is 11.8 Å². The fraction of sp³-hybridized carbons (Fsp3) is 0.438. The van der Waals surface area contributed by atoms with Crippen LogP contribution in [0.4, 0.5) is 5.69 Å². The molecule has 5 heteroatoms. The van der Waals surface area contributed by atoms with Crippen LogP contribution in [0.3, 0.4) is 0 Å². The van der Waals surface area contributed by atoms with Crippen LogP contribution >= 0.6 is 0 Å². The van der Waals surface area contributed by atoms with Gasteiger partial charge in [-0.3, -0.25) is 14.9 Å². The zero-order valence-electron chi connectivity index (χ0n) is 12.4. The molecule has 0 radical (unpaired) electrons. The Bertz CT molecular complexity index is 541. The molecule has 0 saturated carbocycles. The summed E-state index contributed by atoms with van der Waals surface area (Å²) in [7, 11) is 0. The Morgan fingerprint density at radius 1 is 1.24 bits per heavy atom. The lowest BCUT2D eigenvalue weighted by molar-refractivity contribution is -0.384. The van der Waals surface area contributed by atoms with E-state index in [0.29, 0.717) is 11.8 Å². The third-order valence-electron chi connectivity index (χ3n) is 3.70. The first-order chi connectivity index (χ1) is 9.95. The molecule has 2 rings (SSSR count). The van der Waals surface area contributed by atoms with E-state index in [1.54, 1.807) is 24.3 Å². The van der Waals surface area contributed by atoms with Gasteiger partial charge in [0.2, 0.25) is 5.91 Å². The quantitative estimate of drug-likeness (QED) is 0.487. The Kier molecular flexibility index (Phi) is 4.73. The molecule has 112 valence electrons. The number of non-ortho nitro benzene ring substituents is 1. The molecule has 21 heavy (non-hydrogen) atoms. The summed E-state index contributed by atoms with van der Waals surface area (Å²) in [4.78, 5) is 24.2. The summed E-state index contributed by atoms with van der Waals surface area (Å²) in [5, 5.41) is 10.6. The number of nitro groups is 1. The maximum absolute atomic E-state index is 12.2. The van der Waals surface area contributed by atoms with Gasteiger partial charge in [0.1, 0.15) is 0 Å². The molecule has 1 amide bonds. The number of nitro benzene ring substituents is 1. The van der Waals surface area contributed by atoms with E-state index in [9.17, 15) is 14.9 Å². The molecule has 1 aliphatic heterocycles. The van der Waals surface area contributed by atoms with Gasteiger partial charge in [-0.15, -0.1) is 0 Å². The molecule has 0 N–H and O–H groups in total. The van der Waals surface area contributed by atoms with Crippen molar-refractivity contribution in [1.82, 2.24) is 4.90 Å². The third kappa shape index (κ3) is 4.15. The van der Waals surface area contributed by atoms with Gasteiger partial charge in [0.25, 0.3) is 5.69 Å². The minimum Gasteiger partial charge on any atom is -0.339 e. The molecular weight excluding hydrogens is 268 g/mol. The average Bonchev–Trinajstić information content (AvgIpc) is 2.44. The Labute approximate surface area is 124 Å². The highest BCUT2D eigenvalue weighted by Crippen LogP contribution is 2.21. The summed E-state index contributed by atoms with van der Waals surface area (Å²) >= 11 is 0. The van der Waals surface area contributed by atoms with Crippen molar-refractivity contribution in [1.29, 1.82) is 0 Å². The van der Waals surface area contributed by atoms with Crippen molar-refractivity contribution < 1.29 is 9.72 Å². The second kappa shape index (κ2) is 6.52. The third-order valence-corrected chi connectivity index (χ3v) is 3.70. The summed E-state index contributed by atoms with van der Waals surface area (Å²) in [6, 6.07) is 6.16. The lowest BCUT2D eigenvalue weighted by Crippen LogP contribution is -2.41. The fourth-order valence-electron chi connectivity index (χ4n) is 2.82. The standard InChI is InChI=1S/C16H20N2O3/c1-12-9-13(2)11-17(10-12)16(19)8-5-14-3-6-15(7-4-14)18(20)21/h3-8,12-13H,9-11H2,1-2H3. The first kappa shape index (κ1) is 15.2. The number of nitrogens with zero attached hydrogens (tertiary/aromatic N) is 2. The molecular formula is C16H20N2O3. The van der Waals surface area contributed by atoms with Gasteiger partial charge in [-0.1, -0.05) is 13.8 Å². The second-order valence-electron chi connectivity index (χ2n) is 5.87. The number of benzene rings is 1. The first-order valence-electron chi connectivity index (χ1n) is 7.17. The Morgan fingerprint density at radius 3 is 2.33 bits per heavy atom. The summed E-state index contributed by atoms with van der Waals surface area (Å²) in [6.07, 6.45) is 4.41. The lowest BCUT2D eigenvalue weighted by atomic mass is 9.92. The van der Waals surface area contributed by atoms with Crippen LogP contribution in [0.15, 0.2) is 30.3 Å². The average molecular weight is 288 g/mol. The highest BCUT2D eigenvalue weighted by atomic mass is 16.6. The van der Waals surface area contributed by atoms with Crippen LogP contribution in [0.5, 0.6) is 0 Å². The van der Waals surface area contributed by atoms with Crippen molar-refractivity contribution in [3.63, 3.8) is 0 Å². The van der Waals surface area contributed by atoms with E-state index in [1.807, 2.05) is 4.90 Å². The smallest absolute Gasteiger partial charge is 0.269 e. The van der Waals surface area contributed by atoms with Crippen LogP contribution in [0, 0.1) is 22.0 Å². The van der Waals surface area contributed by atoms with E-state index in [2.05, 4.69) is 13.8 Å². The van der Waals surface area contributed by atoms with Gasteiger partial charge in [0, 0.05) is 31.3 Å². The van der Waals surface area contributed by atoms with Crippen molar-refractivity contribution >= 4 is 17.7 Å². The van der Waals surface area contributed by atoms with Gasteiger partial charge in [-0.05, 0) is 42.0 Å². The molecule has 5 nitrogen and oxygen atoms in total. The van der Waals surface area contributed by atoms with E-state index < -0.39 is 4.92 Å². The molecule has 1 saturated heterocycles. The largest absolute Gasteiger partial charge is 0.339 e. The van der Waals surface area contributed by atoms with E-state index in [0.717, 1.165) is 25.1 Å². The van der Waals surface area contributed by atoms with E-state index in [1.165, 1.54) is 12.1 Å². The van der Waals surface area contributed by atoms with Crippen molar-refractivity contribution in [3.8, 4) is 0 Å². The minimum atomic E-state index is -0.435.